The molecule has 0 aliphatic carbocycles. The molecule has 0 aliphatic heterocycles. The van der Waals surface area contributed by atoms with Gasteiger partial charge in [-0.05, 0) is 30.3 Å². The number of nitrogens with zero attached hydrogens (tertiary/aromatic N) is 1. The monoisotopic (exact) mass is 263 g/mol. The van der Waals surface area contributed by atoms with Crippen LogP contribution in [0.15, 0.2) is 41.4 Å². The SMILES string of the molecule is Nc1cccnc1C(=O)Nc1ccc(F)c(S)c1. The first-order valence-electron chi connectivity index (χ1n) is 5.08. The molecule has 0 radical (unpaired) electrons. The standard InChI is InChI=1S/C12H10FN3OS/c13-8-4-3-7(6-10(8)18)16-12(17)11-9(14)2-1-5-15-11/h1-6,18H,14H2,(H,16,17). The van der Waals surface area contributed by atoms with Crippen molar-refractivity contribution in [3.8, 4) is 0 Å². The summed E-state index contributed by atoms with van der Waals surface area (Å²) in [7, 11) is 0. The summed E-state index contributed by atoms with van der Waals surface area (Å²) < 4.78 is 13.0. The van der Waals surface area contributed by atoms with Gasteiger partial charge in [-0.2, -0.15) is 0 Å². The number of nitrogens with one attached hydrogen (secondary N) is 1. The van der Waals surface area contributed by atoms with Gasteiger partial charge in [-0.15, -0.1) is 12.6 Å². The number of halogens is 1. The molecular weight excluding hydrogens is 253 g/mol. The summed E-state index contributed by atoms with van der Waals surface area (Å²) in [5.74, 6) is -0.902. The van der Waals surface area contributed by atoms with E-state index in [-0.39, 0.29) is 16.3 Å². The summed E-state index contributed by atoms with van der Waals surface area (Å²) in [6, 6.07) is 7.29. The average Bonchev–Trinajstić information content (AvgIpc) is 2.34. The molecule has 0 spiro atoms. The molecule has 92 valence electrons. The third-order valence-electron chi connectivity index (χ3n) is 2.26. The molecule has 0 aliphatic rings. The van der Waals surface area contributed by atoms with Crippen molar-refractivity contribution >= 4 is 29.9 Å². The third kappa shape index (κ3) is 2.60. The molecule has 0 bridgehead atoms. The highest BCUT2D eigenvalue weighted by molar-refractivity contribution is 7.80. The minimum Gasteiger partial charge on any atom is -0.397 e. The Bertz CT molecular complexity index is 604. The van der Waals surface area contributed by atoms with Crippen LogP contribution in [0.3, 0.4) is 0 Å². The average molecular weight is 263 g/mol. The molecule has 4 nitrogen and oxygen atoms in total. The van der Waals surface area contributed by atoms with Gasteiger partial charge in [0, 0.05) is 16.8 Å². The number of hydrogen-bond acceptors (Lipinski definition) is 4. The van der Waals surface area contributed by atoms with Crippen molar-refractivity contribution in [1.29, 1.82) is 0 Å². The number of carbonyl (C=O) groups excluding carboxylic acids is 1. The smallest absolute Gasteiger partial charge is 0.276 e. The Morgan fingerprint density at radius 1 is 1.39 bits per heavy atom. The van der Waals surface area contributed by atoms with Crippen molar-refractivity contribution in [1.82, 2.24) is 4.98 Å². The normalized spacial score (nSPS) is 10.1. The Hall–Kier alpha value is -2.08. The van der Waals surface area contributed by atoms with Crippen LogP contribution in [-0.2, 0) is 0 Å². The molecule has 2 rings (SSSR count). The van der Waals surface area contributed by atoms with Gasteiger partial charge in [0.25, 0.3) is 5.91 Å². The van der Waals surface area contributed by atoms with Crippen molar-refractivity contribution in [3.05, 3.63) is 48.0 Å². The van der Waals surface area contributed by atoms with Gasteiger partial charge in [-0.3, -0.25) is 4.79 Å². The van der Waals surface area contributed by atoms with Crippen LogP contribution < -0.4 is 11.1 Å². The Morgan fingerprint density at radius 3 is 2.83 bits per heavy atom. The number of hydrogen-bond donors (Lipinski definition) is 3. The van der Waals surface area contributed by atoms with Crippen LogP contribution in [0.4, 0.5) is 15.8 Å². The van der Waals surface area contributed by atoms with Crippen LogP contribution in [0.2, 0.25) is 0 Å². The first kappa shape index (κ1) is 12.4. The second-order valence-corrected chi connectivity index (χ2v) is 4.04. The minimum atomic E-state index is -0.451. The van der Waals surface area contributed by atoms with Crippen molar-refractivity contribution < 1.29 is 9.18 Å². The maximum Gasteiger partial charge on any atom is 0.276 e. The third-order valence-corrected chi connectivity index (χ3v) is 2.60. The van der Waals surface area contributed by atoms with Crippen LogP contribution in [-0.4, -0.2) is 10.9 Å². The lowest BCUT2D eigenvalue weighted by atomic mass is 10.2. The molecule has 1 aromatic carbocycles. The summed E-state index contributed by atoms with van der Waals surface area (Å²) in [5.41, 5.74) is 6.47. The fourth-order valence-corrected chi connectivity index (χ4v) is 1.60. The zero-order chi connectivity index (χ0) is 13.1. The second kappa shape index (κ2) is 5.05. The fraction of sp³-hybridized carbons (Fsp3) is 0. The molecule has 0 atom stereocenters. The van der Waals surface area contributed by atoms with Crippen LogP contribution in [0, 0.1) is 5.82 Å². The molecule has 0 fully saturated rings. The Morgan fingerprint density at radius 2 is 2.17 bits per heavy atom. The highest BCUT2D eigenvalue weighted by Gasteiger charge is 2.11. The minimum absolute atomic E-state index is 0.127. The van der Waals surface area contributed by atoms with E-state index in [9.17, 15) is 9.18 Å². The molecule has 2 aromatic rings. The number of pyridine rings is 1. The number of nitrogen functional groups attached to an aromatic ring is 1. The van der Waals surface area contributed by atoms with Crippen molar-refractivity contribution in [2.75, 3.05) is 11.1 Å². The molecule has 1 heterocycles. The van der Waals surface area contributed by atoms with E-state index in [0.29, 0.717) is 5.69 Å². The van der Waals surface area contributed by atoms with E-state index in [2.05, 4.69) is 22.9 Å². The van der Waals surface area contributed by atoms with Gasteiger partial charge in [0.2, 0.25) is 0 Å². The molecule has 1 amide bonds. The van der Waals surface area contributed by atoms with E-state index in [1.165, 1.54) is 24.4 Å². The predicted molar refractivity (Wildman–Crippen MR) is 70.3 cm³/mol. The van der Waals surface area contributed by atoms with E-state index in [0.717, 1.165) is 0 Å². The second-order valence-electron chi connectivity index (χ2n) is 3.56. The summed E-state index contributed by atoms with van der Waals surface area (Å²) in [6.45, 7) is 0. The predicted octanol–water partition coefficient (Wildman–Crippen LogP) is 2.34. The van der Waals surface area contributed by atoms with E-state index in [1.807, 2.05) is 0 Å². The van der Waals surface area contributed by atoms with Crippen molar-refractivity contribution in [3.63, 3.8) is 0 Å². The molecule has 3 N–H and O–H groups in total. The lowest BCUT2D eigenvalue weighted by Gasteiger charge is -2.07. The largest absolute Gasteiger partial charge is 0.397 e. The molecule has 0 unspecified atom stereocenters. The molecule has 1 aromatic heterocycles. The maximum absolute atomic E-state index is 13.0. The van der Waals surface area contributed by atoms with Crippen LogP contribution in [0.25, 0.3) is 0 Å². The molecule has 18 heavy (non-hydrogen) atoms. The van der Waals surface area contributed by atoms with E-state index in [4.69, 9.17) is 5.73 Å². The highest BCUT2D eigenvalue weighted by atomic mass is 32.1. The molecule has 6 heteroatoms. The summed E-state index contributed by atoms with van der Waals surface area (Å²) in [6.07, 6.45) is 1.47. The maximum atomic E-state index is 13.0. The van der Waals surface area contributed by atoms with E-state index < -0.39 is 11.7 Å². The van der Waals surface area contributed by atoms with E-state index >= 15 is 0 Å². The van der Waals surface area contributed by atoms with Gasteiger partial charge in [0.05, 0.1) is 5.69 Å². The van der Waals surface area contributed by atoms with Gasteiger partial charge in [0.1, 0.15) is 5.82 Å². The van der Waals surface area contributed by atoms with Crippen LogP contribution in [0.1, 0.15) is 10.5 Å². The lowest BCUT2D eigenvalue weighted by Crippen LogP contribution is -2.15. The molecular formula is C12H10FN3OS. The van der Waals surface area contributed by atoms with Gasteiger partial charge < -0.3 is 11.1 Å². The van der Waals surface area contributed by atoms with Crippen LogP contribution in [0.5, 0.6) is 0 Å². The fourth-order valence-electron chi connectivity index (χ4n) is 1.39. The van der Waals surface area contributed by atoms with Crippen molar-refractivity contribution in [2.24, 2.45) is 0 Å². The number of amides is 1. The van der Waals surface area contributed by atoms with Crippen LogP contribution >= 0.6 is 12.6 Å². The number of benzene rings is 1. The topological polar surface area (TPSA) is 68.0 Å². The quantitative estimate of drug-likeness (QED) is 0.728. The number of aromatic nitrogens is 1. The Labute approximate surface area is 108 Å². The first-order chi connectivity index (χ1) is 8.58. The first-order valence-corrected chi connectivity index (χ1v) is 5.53. The van der Waals surface area contributed by atoms with Gasteiger partial charge in [-0.25, -0.2) is 9.37 Å². The highest BCUT2D eigenvalue weighted by Crippen LogP contribution is 2.19. The number of carbonyl (C=O) groups is 1. The van der Waals surface area contributed by atoms with E-state index in [1.54, 1.807) is 12.1 Å². The van der Waals surface area contributed by atoms with Crippen molar-refractivity contribution in [2.45, 2.75) is 4.90 Å². The zero-order valence-electron chi connectivity index (χ0n) is 9.22. The Kier molecular flexibility index (Phi) is 3.47. The number of rotatable bonds is 2. The van der Waals surface area contributed by atoms with Gasteiger partial charge in [-0.1, -0.05) is 0 Å². The number of thiol groups is 1. The Balaban J connectivity index is 2.22. The number of anilines is 2. The number of nitrogens with two attached hydrogens (primary N) is 1. The summed E-state index contributed by atoms with van der Waals surface area (Å²) in [4.78, 5) is 15.9. The zero-order valence-corrected chi connectivity index (χ0v) is 10.1. The lowest BCUT2D eigenvalue weighted by molar-refractivity contribution is 0.102. The van der Waals surface area contributed by atoms with Gasteiger partial charge >= 0.3 is 0 Å². The molecule has 0 saturated heterocycles. The van der Waals surface area contributed by atoms with Gasteiger partial charge in [0.15, 0.2) is 5.69 Å². The molecule has 0 saturated carbocycles. The summed E-state index contributed by atoms with van der Waals surface area (Å²) in [5, 5.41) is 2.57. The summed E-state index contributed by atoms with van der Waals surface area (Å²) >= 11 is 3.93.